The number of benzene rings is 1. The molecule has 1 heterocycles. The van der Waals surface area contributed by atoms with Crippen LogP contribution in [0.3, 0.4) is 0 Å². The van der Waals surface area contributed by atoms with Crippen LogP contribution in [0, 0.1) is 0 Å². The van der Waals surface area contributed by atoms with Crippen molar-refractivity contribution < 1.29 is 13.5 Å². The lowest BCUT2D eigenvalue weighted by molar-refractivity contribution is -0.0498. The third kappa shape index (κ3) is 5.94. The van der Waals surface area contributed by atoms with Crippen molar-refractivity contribution in [3.05, 3.63) is 29.8 Å². The molecule has 122 valence electrons. The van der Waals surface area contributed by atoms with Crippen molar-refractivity contribution in [3.63, 3.8) is 0 Å². The molecule has 3 nitrogen and oxygen atoms in total. The summed E-state index contributed by atoms with van der Waals surface area (Å²) >= 11 is 0. The maximum absolute atomic E-state index is 12.1. The van der Waals surface area contributed by atoms with Gasteiger partial charge in [-0.25, -0.2) is 0 Å². The van der Waals surface area contributed by atoms with Gasteiger partial charge in [0, 0.05) is 32.2 Å². The number of piperazine rings is 1. The van der Waals surface area contributed by atoms with E-state index in [-0.39, 0.29) is 30.6 Å². The summed E-state index contributed by atoms with van der Waals surface area (Å²) < 4.78 is 28.6. The average molecular weight is 343 g/mol. The quantitative estimate of drug-likeness (QED) is 0.886. The minimum absolute atomic E-state index is 0. The van der Waals surface area contributed by atoms with Gasteiger partial charge in [0.2, 0.25) is 0 Å². The van der Waals surface area contributed by atoms with Crippen molar-refractivity contribution >= 4 is 24.8 Å². The summed E-state index contributed by atoms with van der Waals surface area (Å²) in [5.74, 6) is 0.217. The predicted molar refractivity (Wildman–Crippen MR) is 85.0 cm³/mol. The summed E-state index contributed by atoms with van der Waals surface area (Å²) in [6.07, 6.45) is 1.01. The van der Waals surface area contributed by atoms with Crippen LogP contribution in [-0.4, -0.2) is 37.7 Å². The summed E-state index contributed by atoms with van der Waals surface area (Å²) in [4.78, 5) is 2.43. The molecule has 0 spiro atoms. The molecule has 0 radical (unpaired) electrons. The molecule has 2 rings (SSSR count). The molecule has 0 aliphatic carbocycles. The molecule has 1 aliphatic rings. The van der Waals surface area contributed by atoms with Crippen molar-refractivity contribution in [2.45, 2.75) is 26.0 Å². The molecule has 0 amide bonds. The second-order valence-corrected chi connectivity index (χ2v) is 4.66. The van der Waals surface area contributed by atoms with E-state index in [1.54, 1.807) is 12.1 Å². The monoisotopic (exact) mass is 342 g/mol. The topological polar surface area (TPSA) is 24.5 Å². The van der Waals surface area contributed by atoms with E-state index in [0.29, 0.717) is 6.04 Å². The van der Waals surface area contributed by atoms with E-state index in [1.165, 1.54) is 0 Å². The maximum Gasteiger partial charge on any atom is 0.387 e. The number of hydrogen-bond acceptors (Lipinski definition) is 3. The van der Waals surface area contributed by atoms with Gasteiger partial charge in [-0.15, -0.1) is 24.8 Å². The molecule has 21 heavy (non-hydrogen) atoms. The van der Waals surface area contributed by atoms with Gasteiger partial charge < -0.3 is 10.1 Å². The largest absolute Gasteiger partial charge is 0.435 e. The molecule has 1 atom stereocenters. The fourth-order valence-corrected chi connectivity index (χ4v) is 2.57. The maximum atomic E-state index is 12.1. The fourth-order valence-electron chi connectivity index (χ4n) is 2.57. The van der Waals surface area contributed by atoms with E-state index >= 15 is 0 Å². The highest BCUT2D eigenvalue weighted by Crippen LogP contribution is 2.26. The summed E-state index contributed by atoms with van der Waals surface area (Å²) in [5, 5.41) is 3.33. The van der Waals surface area contributed by atoms with Crippen molar-refractivity contribution in [2.24, 2.45) is 0 Å². The molecule has 0 unspecified atom stereocenters. The standard InChI is InChI=1S/C14H20F2N2O.2ClH/c1-2-13(18-9-7-17-8-10-18)11-3-5-12(6-4-11)19-14(15)16;;/h3-6,13-14,17H,2,7-10H2,1H3;2*1H/t13-;;/m0../s1. The molecule has 0 aromatic heterocycles. The van der Waals surface area contributed by atoms with Gasteiger partial charge in [-0.2, -0.15) is 8.78 Å². The van der Waals surface area contributed by atoms with E-state index in [4.69, 9.17) is 0 Å². The zero-order valence-electron chi connectivity index (χ0n) is 11.9. The van der Waals surface area contributed by atoms with Gasteiger partial charge in [-0.3, -0.25) is 4.90 Å². The number of halogens is 4. The van der Waals surface area contributed by atoms with Crippen LogP contribution >= 0.6 is 24.8 Å². The molecule has 1 saturated heterocycles. The summed E-state index contributed by atoms with van der Waals surface area (Å²) in [7, 11) is 0. The molecule has 1 fully saturated rings. The van der Waals surface area contributed by atoms with Crippen LogP contribution in [-0.2, 0) is 0 Å². The van der Waals surface area contributed by atoms with Crippen LogP contribution in [0.2, 0.25) is 0 Å². The molecular formula is C14H22Cl2F2N2O. The lowest BCUT2D eigenvalue weighted by Crippen LogP contribution is -2.45. The fraction of sp³-hybridized carbons (Fsp3) is 0.571. The predicted octanol–water partition coefficient (Wildman–Crippen LogP) is 3.49. The van der Waals surface area contributed by atoms with Crippen molar-refractivity contribution in [1.29, 1.82) is 0 Å². The van der Waals surface area contributed by atoms with Gasteiger partial charge in [0.15, 0.2) is 0 Å². The third-order valence-electron chi connectivity index (χ3n) is 3.47. The van der Waals surface area contributed by atoms with Crippen LogP contribution in [0.5, 0.6) is 5.75 Å². The lowest BCUT2D eigenvalue weighted by atomic mass is 10.0. The van der Waals surface area contributed by atoms with Gasteiger partial charge in [-0.1, -0.05) is 19.1 Å². The molecule has 0 bridgehead atoms. The highest BCUT2D eigenvalue weighted by Gasteiger charge is 2.20. The van der Waals surface area contributed by atoms with E-state index in [9.17, 15) is 8.78 Å². The van der Waals surface area contributed by atoms with E-state index < -0.39 is 6.61 Å². The van der Waals surface area contributed by atoms with Crippen molar-refractivity contribution in [3.8, 4) is 5.75 Å². The Bertz CT molecular complexity index is 387. The molecule has 1 aromatic rings. The van der Waals surface area contributed by atoms with Gasteiger partial charge in [-0.05, 0) is 24.1 Å². The SMILES string of the molecule is CC[C@@H](c1ccc(OC(F)F)cc1)N1CCNCC1.Cl.Cl. The summed E-state index contributed by atoms with van der Waals surface area (Å²) in [5.41, 5.74) is 1.16. The Morgan fingerprint density at radius 2 is 1.71 bits per heavy atom. The van der Waals surface area contributed by atoms with Crippen LogP contribution in [0.1, 0.15) is 24.9 Å². The highest BCUT2D eigenvalue weighted by atomic mass is 35.5. The number of nitrogens with one attached hydrogen (secondary N) is 1. The lowest BCUT2D eigenvalue weighted by Gasteiger charge is -2.34. The first kappa shape index (κ1) is 20.4. The van der Waals surface area contributed by atoms with Crippen LogP contribution in [0.25, 0.3) is 0 Å². The molecular weight excluding hydrogens is 321 g/mol. The second-order valence-electron chi connectivity index (χ2n) is 4.66. The molecule has 7 heteroatoms. The van der Waals surface area contributed by atoms with Crippen molar-refractivity contribution in [2.75, 3.05) is 26.2 Å². The van der Waals surface area contributed by atoms with Crippen LogP contribution in [0.15, 0.2) is 24.3 Å². The van der Waals surface area contributed by atoms with E-state index in [1.807, 2.05) is 12.1 Å². The van der Waals surface area contributed by atoms with Gasteiger partial charge >= 0.3 is 6.61 Å². The Morgan fingerprint density at radius 3 is 2.19 bits per heavy atom. The minimum atomic E-state index is -2.76. The van der Waals surface area contributed by atoms with Gasteiger partial charge in [0.25, 0.3) is 0 Å². The number of hydrogen-bond donors (Lipinski definition) is 1. The molecule has 1 N–H and O–H groups in total. The van der Waals surface area contributed by atoms with Crippen LogP contribution < -0.4 is 10.1 Å². The Kier molecular flexibility index (Phi) is 9.86. The minimum Gasteiger partial charge on any atom is -0.435 e. The van der Waals surface area contributed by atoms with E-state index in [2.05, 4.69) is 21.9 Å². The van der Waals surface area contributed by atoms with E-state index in [0.717, 1.165) is 38.2 Å². The first-order chi connectivity index (χ1) is 9.20. The smallest absolute Gasteiger partial charge is 0.387 e. The van der Waals surface area contributed by atoms with Crippen molar-refractivity contribution in [1.82, 2.24) is 10.2 Å². The van der Waals surface area contributed by atoms with Crippen LogP contribution in [0.4, 0.5) is 8.78 Å². The average Bonchev–Trinajstić information content (AvgIpc) is 2.42. The summed E-state index contributed by atoms with van der Waals surface area (Å²) in [6.45, 7) is 3.44. The third-order valence-corrected chi connectivity index (χ3v) is 3.47. The number of alkyl halides is 2. The number of nitrogens with zero attached hydrogens (tertiary/aromatic N) is 1. The number of rotatable bonds is 5. The first-order valence-electron chi connectivity index (χ1n) is 6.70. The molecule has 1 aromatic carbocycles. The Hall–Kier alpha value is -0.620. The second kappa shape index (κ2) is 10.2. The van der Waals surface area contributed by atoms with Gasteiger partial charge in [0.05, 0.1) is 0 Å². The zero-order chi connectivity index (χ0) is 13.7. The molecule has 1 aliphatic heterocycles. The first-order valence-corrected chi connectivity index (χ1v) is 6.70. The number of ether oxygens (including phenoxy) is 1. The highest BCUT2D eigenvalue weighted by molar-refractivity contribution is 5.85. The Morgan fingerprint density at radius 1 is 1.14 bits per heavy atom. The van der Waals surface area contributed by atoms with Gasteiger partial charge in [0.1, 0.15) is 5.75 Å². The zero-order valence-corrected chi connectivity index (χ0v) is 13.6. The molecule has 0 saturated carbocycles. The Balaban J connectivity index is 0.00000200. The normalized spacial score (nSPS) is 16.8. The summed E-state index contributed by atoms with van der Waals surface area (Å²) in [6, 6.07) is 7.35. The Labute approximate surface area is 136 Å².